The highest BCUT2D eigenvalue weighted by Crippen LogP contribution is 2.39. The van der Waals surface area contributed by atoms with Crippen LogP contribution in [0.1, 0.15) is 49.2 Å². The summed E-state index contributed by atoms with van der Waals surface area (Å²) in [5.74, 6) is 0.755. The molecular weight excluding hydrogens is 402 g/mol. The van der Waals surface area contributed by atoms with E-state index in [2.05, 4.69) is 10.5 Å². The van der Waals surface area contributed by atoms with Crippen LogP contribution in [0.25, 0.3) is 0 Å². The first-order valence-electron chi connectivity index (χ1n) is 9.98. The van der Waals surface area contributed by atoms with Gasteiger partial charge in [0.15, 0.2) is 11.5 Å². The largest absolute Gasteiger partial charge is 0.490 e. The molecule has 31 heavy (non-hydrogen) atoms. The molecule has 0 atom stereocenters. The van der Waals surface area contributed by atoms with Gasteiger partial charge in [-0.05, 0) is 46.8 Å². The third kappa shape index (κ3) is 5.94. The lowest BCUT2D eigenvalue weighted by molar-refractivity contribution is -0.385. The Balaban J connectivity index is 2.32. The fourth-order valence-corrected chi connectivity index (χ4v) is 2.81. The minimum atomic E-state index is -0.481. The van der Waals surface area contributed by atoms with E-state index in [0.717, 1.165) is 0 Å². The zero-order valence-corrected chi connectivity index (χ0v) is 18.4. The summed E-state index contributed by atoms with van der Waals surface area (Å²) in [4.78, 5) is 23.4. The van der Waals surface area contributed by atoms with Crippen LogP contribution in [0.15, 0.2) is 35.4 Å². The van der Waals surface area contributed by atoms with E-state index >= 15 is 0 Å². The first-order chi connectivity index (χ1) is 14.8. The number of nitro groups is 1. The number of nitrogens with one attached hydrogen (secondary N) is 1. The number of nitro benzene ring substituents is 1. The van der Waals surface area contributed by atoms with Crippen molar-refractivity contribution in [3.05, 3.63) is 57.1 Å². The zero-order chi connectivity index (χ0) is 23.0. The number of amides is 1. The molecule has 2 aromatic rings. The van der Waals surface area contributed by atoms with Crippen LogP contribution < -0.4 is 19.6 Å². The summed E-state index contributed by atoms with van der Waals surface area (Å²) in [7, 11) is 0. The van der Waals surface area contributed by atoms with Crippen molar-refractivity contribution < 1.29 is 23.9 Å². The second-order valence-corrected chi connectivity index (χ2v) is 6.50. The summed E-state index contributed by atoms with van der Waals surface area (Å²) < 4.78 is 16.9. The molecule has 0 heterocycles. The smallest absolute Gasteiger partial charge is 0.272 e. The summed E-state index contributed by atoms with van der Waals surface area (Å²) in [6, 6.07) is 7.91. The number of rotatable bonds is 10. The first-order valence-corrected chi connectivity index (χ1v) is 9.98. The Morgan fingerprint density at radius 1 is 1.00 bits per heavy atom. The van der Waals surface area contributed by atoms with Gasteiger partial charge in [0, 0.05) is 22.8 Å². The normalized spacial score (nSPS) is 11.1. The Labute approximate surface area is 181 Å². The molecule has 0 spiro atoms. The van der Waals surface area contributed by atoms with E-state index < -0.39 is 10.8 Å². The van der Waals surface area contributed by atoms with Crippen molar-refractivity contribution in [2.24, 2.45) is 5.10 Å². The van der Waals surface area contributed by atoms with Crippen molar-refractivity contribution in [3.63, 3.8) is 0 Å². The van der Waals surface area contributed by atoms with E-state index in [1.165, 1.54) is 6.07 Å². The predicted molar refractivity (Wildman–Crippen MR) is 117 cm³/mol. The topological polar surface area (TPSA) is 112 Å². The molecule has 0 bridgehead atoms. The third-order valence-corrected chi connectivity index (χ3v) is 4.32. The van der Waals surface area contributed by atoms with Gasteiger partial charge in [0.05, 0.1) is 30.5 Å². The maximum atomic E-state index is 12.7. The maximum absolute atomic E-state index is 12.7. The molecule has 0 aliphatic rings. The molecule has 166 valence electrons. The van der Waals surface area contributed by atoms with Crippen molar-refractivity contribution in [1.29, 1.82) is 0 Å². The average molecular weight is 429 g/mol. The van der Waals surface area contributed by atoms with Crippen LogP contribution in [0.3, 0.4) is 0 Å². The van der Waals surface area contributed by atoms with Gasteiger partial charge in [0.1, 0.15) is 0 Å². The van der Waals surface area contributed by atoms with Crippen LogP contribution >= 0.6 is 0 Å². The molecule has 0 unspecified atom stereocenters. The Kier molecular flexibility index (Phi) is 8.36. The number of nitrogens with zero attached hydrogens (tertiary/aromatic N) is 2. The molecule has 0 fully saturated rings. The highest BCUT2D eigenvalue weighted by Gasteiger charge is 2.18. The van der Waals surface area contributed by atoms with Gasteiger partial charge >= 0.3 is 0 Å². The van der Waals surface area contributed by atoms with Crippen LogP contribution in [0.2, 0.25) is 0 Å². The van der Waals surface area contributed by atoms with E-state index in [4.69, 9.17) is 14.2 Å². The van der Waals surface area contributed by atoms with Gasteiger partial charge in [0.25, 0.3) is 11.6 Å². The van der Waals surface area contributed by atoms with Crippen molar-refractivity contribution in [2.45, 2.75) is 34.6 Å². The summed E-state index contributed by atoms with van der Waals surface area (Å²) in [6.45, 7) is 10.0. The van der Waals surface area contributed by atoms with Crippen LogP contribution in [-0.2, 0) is 0 Å². The summed E-state index contributed by atoms with van der Waals surface area (Å²) >= 11 is 0. The van der Waals surface area contributed by atoms with E-state index in [0.29, 0.717) is 53.9 Å². The van der Waals surface area contributed by atoms with Gasteiger partial charge in [-0.2, -0.15) is 5.10 Å². The lowest BCUT2D eigenvalue weighted by atomic mass is 10.1. The van der Waals surface area contributed by atoms with Crippen LogP contribution in [-0.4, -0.2) is 36.4 Å². The van der Waals surface area contributed by atoms with Crippen molar-refractivity contribution in [1.82, 2.24) is 5.43 Å². The van der Waals surface area contributed by atoms with Crippen LogP contribution in [0.5, 0.6) is 17.2 Å². The van der Waals surface area contributed by atoms with Crippen molar-refractivity contribution in [3.8, 4) is 17.2 Å². The molecule has 0 aliphatic carbocycles. The van der Waals surface area contributed by atoms with E-state index in [1.54, 1.807) is 38.1 Å². The lowest BCUT2D eigenvalue weighted by Gasteiger charge is -2.16. The van der Waals surface area contributed by atoms with Gasteiger partial charge in [-0.25, -0.2) is 5.43 Å². The Morgan fingerprint density at radius 3 is 2.10 bits per heavy atom. The fraction of sp³-hybridized carbons (Fsp3) is 0.364. The summed E-state index contributed by atoms with van der Waals surface area (Å²) in [5.41, 5.74) is 4.26. The van der Waals surface area contributed by atoms with Crippen LogP contribution in [0, 0.1) is 17.0 Å². The number of hydrogen-bond acceptors (Lipinski definition) is 7. The summed E-state index contributed by atoms with van der Waals surface area (Å²) in [5, 5.41) is 15.2. The molecule has 0 saturated carbocycles. The molecule has 1 amide bonds. The highest BCUT2D eigenvalue weighted by molar-refractivity contribution is 6.01. The number of hydrogen-bond donors (Lipinski definition) is 1. The standard InChI is InChI=1S/C22H27N3O6/c1-6-29-19-12-17(13-20(30-7-2)21(19)31-8-3)22(26)24-23-15(5)16-10-9-14(4)18(11-16)25(27)28/h9-13H,6-8H2,1-5H3,(H,24,26)/b23-15+. The number of carbonyl (C=O) groups excluding carboxylic acids is 1. The molecule has 2 aromatic carbocycles. The Morgan fingerprint density at radius 2 is 1.58 bits per heavy atom. The third-order valence-electron chi connectivity index (χ3n) is 4.32. The average Bonchev–Trinajstić information content (AvgIpc) is 2.74. The number of hydrazone groups is 1. The second kappa shape index (κ2) is 11.0. The molecule has 9 nitrogen and oxygen atoms in total. The minimum absolute atomic E-state index is 0.00685. The van der Waals surface area contributed by atoms with Gasteiger partial charge in [-0.1, -0.05) is 12.1 Å². The van der Waals surface area contributed by atoms with E-state index in [-0.39, 0.29) is 11.3 Å². The molecule has 0 aliphatic heterocycles. The number of ether oxygens (including phenoxy) is 3. The maximum Gasteiger partial charge on any atom is 0.272 e. The highest BCUT2D eigenvalue weighted by atomic mass is 16.6. The molecule has 0 saturated heterocycles. The van der Waals surface area contributed by atoms with Gasteiger partial charge < -0.3 is 14.2 Å². The zero-order valence-electron chi connectivity index (χ0n) is 18.4. The quantitative estimate of drug-likeness (QED) is 0.343. The van der Waals surface area contributed by atoms with Crippen molar-refractivity contribution in [2.75, 3.05) is 19.8 Å². The van der Waals surface area contributed by atoms with E-state index in [1.807, 2.05) is 20.8 Å². The lowest BCUT2D eigenvalue weighted by Crippen LogP contribution is -2.20. The monoisotopic (exact) mass is 429 g/mol. The van der Waals surface area contributed by atoms with Gasteiger partial charge in [0.2, 0.25) is 5.75 Å². The van der Waals surface area contributed by atoms with Crippen LogP contribution in [0.4, 0.5) is 5.69 Å². The van der Waals surface area contributed by atoms with Crippen molar-refractivity contribution >= 4 is 17.3 Å². The molecule has 0 aromatic heterocycles. The summed E-state index contributed by atoms with van der Waals surface area (Å²) in [6.07, 6.45) is 0. The Hall–Kier alpha value is -3.62. The van der Waals surface area contributed by atoms with Gasteiger partial charge in [-0.3, -0.25) is 14.9 Å². The molecular formula is C22H27N3O6. The molecule has 9 heteroatoms. The number of carbonyl (C=O) groups is 1. The van der Waals surface area contributed by atoms with Gasteiger partial charge in [-0.15, -0.1) is 0 Å². The van der Waals surface area contributed by atoms with E-state index in [9.17, 15) is 14.9 Å². The SMILES string of the molecule is CCOc1cc(C(=O)N/N=C(\C)c2ccc(C)c([N+](=O)[O-])c2)cc(OCC)c1OCC. The number of aryl methyl sites for hydroxylation is 1. The molecule has 2 rings (SSSR count). The Bertz CT molecular complexity index is 960. The molecule has 0 radical (unpaired) electrons. The minimum Gasteiger partial charge on any atom is -0.490 e. The molecule has 1 N–H and O–H groups in total. The first kappa shape index (κ1) is 23.7. The fourth-order valence-electron chi connectivity index (χ4n) is 2.81. The second-order valence-electron chi connectivity index (χ2n) is 6.50. The number of benzene rings is 2. The predicted octanol–water partition coefficient (Wildman–Crippen LogP) is 4.25.